The van der Waals surface area contributed by atoms with Crippen molar-refractivity contribution in [2.75, 3.05) is 33.0 Å². The number of hydrogen-bond acceptors (Lipinski definition) is 14. The Bertz CT molecular complexity index is 1960. The van der Waals surface area contributed by atoms with Gasteiger partial charge in [-0.05, 0) is 62.1 Å². The van der Waals surface area contributed by atoms with Crippen LogP contribution in [0.3, 0.4) is 0 Å². The maximum atomic E-state index is 14.3. The fourth-order valence-corrected chi connectivity index (χ4v) is 9.97. The smallest absolute Gasteiger partial charge is 0.397 e. The predicted octanol–water partition coefficient (Wildman–Crippen LogP) is 14.0. The van der Waals surface area contributed by atoms with Gasteiger partial charge in [0, 0.05) is 5.56 Å². The van der Waals surface area contributed by atoms with Gasteiger partial charge in [0.15, 0.2) is 35.4 Å². The monoisotopic (exact) mass is 1090 g/mol. The zero-order chi connectivity index (χ0) is 55.8. The summed E-state index contributed by atoms with van der Waals surface area (Å²) in [5.74, 6) is -0.172. The van der Waals surface area contributed by atoms with Crippen molar-refractivity contribution in [2.24, 2.45) is 0 Å². The molecule has 0 aromatic heterocycles. The molecular weight excluding hydrogens is 991 g/mol. The van der Waals surface area contributed by atoms with E-state index in [1.165, 1.54) is 140 Å². The molecule has 2 aromatic carbocycles. The standard InChI is InChI=1S/C60H101NO14S/c1-5-9-13-17-21-25-29-33-41-69-50-39-37-48(45-52(50)71-43-35-31-27-23-19-15-11-7-3)58(63)61-55-57(56(75-76(66,67)68)54(47-62)73-60(55)65)74-59(64)49-38-40-51(70-42-34-30-26-22-18-14-10-6-2)53(46-49)72-44-36-32-28-24-20-16-12-8-4/h37-40,45-46,54-57,60,62,65H,5-36,41-44,47H2,1-4H3,(H,61,63)(H,66,67,68)/t54-,55-,56-,57-,60?/m1/s1/i/hD. The van der Waals surface area contributed by atoms with E-state index in [1.54, 1.807) is 12.1 Å². The summed E-state index contributed by atoms with van der Waals surface area (Å²) in [6, 6.07) is 7.63. The molecule has 1 saturated heterocycles. The minimum atomic E-state index is -5.10. The zero-order valence-corrected chi connectivity index (χ0v) is 48.0. The van der Waals surface area contributed by atoms with Gasteiger partial charge in [-0.2, -0.15) is 8.42 Å². The van der Waals surface area contributed by atoms with E-state index in [9.17, 15) is 28.2 Å². The molecule has 0 aliphatic carbocycles. The highest BCUT2D eigenvalue weighted by Gasteiger charge is 2.51. The summed E-state index contributed by atoms with van der Waals surface area (Å²) in [4.78, 5) is 28.6. The number of aliphatic hydroxyl groups is 2. The molecule has 16 heteroatoms. The van der Waals surface area contributed by atoms with E-state index in [2.05, 4.69) is 37.6 Å². The SMILES string of the molecule is [2H]OS(=O)(=O)O[C@H]1[C@H](OC(=O)c2ccc(OCCCCCCCCCC)c(OCCCCCCCCCC)c2)[C@@H](NC(=O)c2ccc(OCCCCCCCCCC)c(OCCCCCCCCCC)c2)C(O)O[C@@H]1CO. The number of carbonyl (C=O) groups excluding carboxylic acids is 2. The lowest BCUT2D eigenvalue weighted by Gasteiger charge is -2.43. The number of rotatable bonds is 48. The maximum absolute atomic E-state index is 14.3. The van der Waals surface area contributed by atoms with Crippen molar-refractivity contribution in [2.45, 2.75) is 264 Å². The van der Waals surface area contributed by atoms with Gasteiger partial charge in [-0.1, -0.05) is 207 Å². The summed E-state index contributed by atoms with van der Waals surface area (Å²) in [5.41, 5.74) is 0.0819. The molecular formula is C60H101NO14S. The molecule has 2 aromatic rings. The number of unbranched alkanes of at least 4 members (excludes halogenated alkanes) is 28. The van der Waals surface area contributed by atoms with E-state index in [-0.39, 0.29) is 11.1 Å². The van der Waals surface area contributed by atoms with Crippen molar-refractivity contribution >= 4 is 22.3 Å². The lowest BCUT2D eigenvalue weighted by atomic mass is 9.96. The van der Waals surface area contributed by atoms with Crippen LogP contribution in [0.2, 0.25) is 0 Å². The third kappa shape index (κ3) is 28.3. The van der Waals surface area contributed by atoms with Crippen LogP contribution < -0.4 is 24.3 Å². The van der Waals surface area contributed by atoms with Crippen molar-refractivity contribution in [3.05, 3.63) is 47.5 Å². The molecule has 1 fully saturated rings. The van der Waals surface area contributed by atoms with E-state index in [0.29, 0.717) is 49.4 Å². The molecule has 1 aliphatic heterocycles. The van der Waals surface area contributed by atoms with Gasteiger partial charge in [0.25, 0.3) is 5.91 Å². The first-order valence-corrected chi connectivity index (χ1v) is 31.2. The third-order valence-corrected chi connectivity index (χ3v) is 14.5. The predicted molar refractivity (Wildman–Crippen MR) is 300 cm³/mol. The van der Waals surface area contributed by atoms with Crippen LogP contribution in [0.1, 0.15) is 254 Å². The van der Waals surface area contributed by atoms with Crippen LogP contribution in [0.5, 0.6) is 23.0 Å². The van der Waals surface area contributed by atoms with Gasteiger partial charge < -0.3 is 44.0 Å². The van der Waals surface area contributed by atoms with Gasteiger partial charge in [0.2, 0.25) is 1.43 Å². The highest BCUT2D eigenvalue weighted by atomic mass is 32.3. The van der Waals surface area contributed by atoms with E-state index in [0.717, 1.165) is 89.9 Å². The van der Waals surface area contributed by atoms with Gasteiger partial charge in [-0.3, -0.25) is 9.35 Å². The molecule has 0 radical (unpaired) electrons. The Hall–Kier alpha value is -3.67. The minimum absolute atomic E-state index is 0.0128. The van der Waals surface area contributed by atoms with Crippen LogP contribution in [0.4, 0.5) is 0 Å². The van der Waals surface area contributed by atoms with Gasteiger partial charge in [-0.25, -0.2) is 8.98 Å². The van der Waals surface area contributed by atoms with Gasteiger partial charge >= 0.3 is 16.4 Å². The van der Waals surface area contributed by atoms with Crippen LogP contribution in [0.15, 0.2) is 36.4 Å². The minimum Gasteiger partial charge on any atom is -0.490 e. The fraction of sp³-hybridized carbons (Fsp3) is 0.767. The fourth-order valence-electron chi connectivity index (χ4n) is 9.46. The molecule has 15 nitrogen and oxygen atoms in total. The summed E-state index contributed by atoms with van der Waals surface area (Å²) in [6.07, 6.45) is 28.8. The van der Waals surface area contributed by atoms with Gasteiger partial charge in [0.1, 0.15) is 18.2 Å². The van der Waals surface area contributed by atoms with Crippen LogP contribution >= 0.6 is 0 Å². The van der Waals surface area contributed by atoms with Crippen molar-refractivity contribution in [3.8, 4) is 23.0 Å². The summed E-state index contributed by atoms with van der Waals surface area (Å²) >= 11 is 0. The third-order valence-electron chi connectivity index (χ3n) is 14.0. The molecule has 1 heterocycles. The first-order valence-electron chi connectivity index (χ1n) is 30.3. The van der Waals surface area contributed by atoms with Crippen LogP contribution in [0.25, 0.3) is 1.43 Å². The summed E-state index contributed by atoms with van der Waals surface area (Å²) in [5, 5.41) is 24.5. The van der Waals surface area contributed by atoms with E-state index in [1.807, 2.05) is 0 Å². The van der Waals surface area contributed by atoms with Crippen molar-refractivity contribution in [3.63, 3.8) is 0 Å². The zero-order valence-electron chi connectivity index (χ0n) is 48.2. The van der Waals surface area contributed by atoms with Crippen molar-refractivity contribution < 1.29 is 65.4 Å². The average Bonchev–Trinajstić information content (AvgIpc) is 3.44. The highest BCUT2D eigenvalue weighted by Crippen LogP contribution is 2.33. The number of amides is 1. The van der Waals surface area contributed by atoms with Crippen LogP contribution in [-0.2, 0) is 24.1 Å². The molecule has 76 heavy (non-hydrogen) atoms. The molecule has 0 bridgehead atoms. The molecule has 1 aliphatic rings. The average molecular weight is 1090 g/mol. The Balaban J connectivity index is 1.87. The largest absolute Gasteiger partial charge is 0.490 e. The topological polar surface area (TPSA) is 206 Å². The molecule has 3 rings (SSSR count). The second kappa shape index (κ2) is 41.4. The van der Waals surface area contributed by atoms with Gasteiger partial charge in [-0.15, -0.1) is 0 Å². The quantitative estimate of drug-likeness (QED) is 0.0276. The Morgan fingerprint density at radius 3 is 1.26 bits per heavy atom. The molecule has 4 N–H and O–H groups in total. The van der Waals surface area contributed by atoms with Gasteiger partial charge in [0.05, 0.1) is 38.6 Å². The van der Waals surface area contributed by atoms with E-state index >= 15 is 0 Å². The Kier molecular flexibility index (Phi) is 35.3. The lowest BCUT2D eigenvalue weighted by molar-refractivity contribution is -0.247. The lowest BCUT2D eigenvalue weighted by Crippen LogP contribution is -2.66. The summed E-state index contributed by atoms with van der Waals surface area (Å²) < 4.78 is 78.1. The van der Waals surface area contributed by atoms with Crippen molar-refractivity contribution in [1.82, 2.24) is 5.32 Å². The van der Waals surface area contributed by atoms with Crippen molar-refractivity contribution in [1.29, 1.82) is 1.43 Å². The van der Waals surface area contributed by atoms with Crippen LogP contribution in [0, 0.1) is 0 Å². The number of esters is 1. The number of ether oxygens (including phenoxy) is 6. The Labute approximate surface area is 460 Å². The molecule has 0 saturated carbocycles. The second-order valence-corrected chi connectivity index (χ2v) is 21.7. The summed E-state index contributed by atoms with van der Waals surface area (Å²) in [7, 11) is -5.10. The number of nitrogens with one attached hydrogen (secondary N) is 1. The molecule has 1 unspecified atom stereocenters. The van der Waals surface area contributed by atoms with Crippen LogP contribution in [-0.4, -0.2) is 98.7 Å². The number of hydrogen-bond donors (Lipinski definition) is 4. The molecule has 436 valence electrons. The molecule has 5 atom stereocenters. The second-order valence-electron chi connectivity index (χ2n) is 20.7. The number of carbonyl (C=O) groups is 2. The Morgan fingerprint density at radius 2 is 0.882 bits per heavy atom. The molecule has 1 amide bonds. The first kappa shape index (κ1) is 64.9. The molecule has 0 spiro atoms. The van der Waals surface area contributed by atoms with E-state index in [4.69, 9.17) is 34.0 Å². The number of aliphatic hydroxyl groups excluding tert-OH is 2. The first-order chi connectivity index (χ1) is 37.5. The highest BCUT2D eigenvalue weighted by molar-refractivity contribution is 7.80. The van der Waals surface area contributed by atoms with E-state index < -0.39 is 59.5 Å². The normalized spacial score (nSPS) is 17.8. The number of benzene rings is 2. The Morgan fingerprint density at radius 1 is 0.526 bits per heavy atom. The maximum Gasteiger partial charge on any atom is 0.397 e. The summed E-state index contributed by atoms with van der Waals surface area (Å²) in [6.45, 7) is 9.60.